The summed E-state index contributed by atoms with van der Waals surface area (Å²) < 4.78 is 54.2. The molecule has 0 fully saturated rings. The maximum Gasteiger partial charge on any atom is 0.416 e. The number of benzene rings is 2. The second-order valence-electron chi connectivity index (χ2n) is 5.91. The van der Waals surface area contributed by atoms with E-state index in [1.165, 1.54) is 18.2 Å². The number of nitrogens with zero attached hydrogens (tertiary/aromatic N) is 1. The molecule has 29 heavy (non-hydrogen) atoms. The van der Waals surface area contributed by atoms with Gasteiger partial charge in [-0.05, 0) is 43.3 Å². The lowest BCUT2D eigenvalue weighted by Crippen LogP contribution is -2.08. The fraction of sp³-hybridized carbons (Fsp3) is 0.200. The van der Waals surface area contributed by atoms with Crippen LogP contribution in [0, 0.1) is 11.3 Å². The van der Waals surface area contributed by atoms with Gasteiger partial charge in [-0.2, -0.15) is 18.4 Å². The van der Waals surface area contributed by atoms with Gasteiger partial charge >= 0.3 is 12.1 Å². The molecule has 150 valence electrons. The van der Waals surface area contributed by atoms with Gasteiger partial charge in [-0.25, -0.2) is 0 Å². The first-order valence-electron chi connectivity index (χ1n) is 8.38. The van der Waals surface area contributed by atoms with Crippen molar-refractivity contribution in [3.05, 3.63) is 58.3 Å². The van der Waals surface area contributed by atoms with Crippen LogP contribution >= 0.6 is 11.6 Å². The van der Waals surface area contributed by atoms with Gasteiger partial charge in [-0.15, -0.1) is 0 Å². The summed E-state index contributed by atoms with van der Waals surface area (Å²) in [6.45, 7) is 1.85. The van der Waals surface area contributed by atoms with Crippen molar-refractivity contribution >= 4 is 28.5 Å². The van der Waals surface area contributed by atoms with Crippen molar-refractivity contribution in [1.82, 2.24) is 0 Å². The summed E-state index contributed by atoms with van der Waals surface area (Å²) >= 11 is 5.92. The standard InChI is InChI=1S/C20H13ClF3NO4/c1-2-27-19(26)9-14-13-8-12(4-6-16(13)29-18(14)10-25)28-17-5-3-11(7-15(17)21)20(22,23)24/h3-8H,2,9H2,1H3. The average Bonchev–Trinajstić information content (AvgIpc) is 3.00. The number of hydrogen-bond acceptors (Lipinski definition) is 5. The van der Waals surface area contributed by atoms with Crippen LogP contribution in [0.4, 0.5) is 13.2 Å². The second kappa shape index (κ2) is 8.05. The molecule has 1 aromatic heterocycles. The largest absolute Gasteiger partial charge is 0.466 e. The van der Waals surface area contributed by atoms with Crippen LogP contribution in [0.5, 0.6) is 11.5 Å². The summed E-state index contributed by atoms with van der Waals surface area (Å²) in [6, 6.07) is 9.19. The number of carbonyl (C=O) groups is 1. The van der Waals surface area contributed by atoms with Crippen molar-refractivity contribution in [2.45, 2.75) is 19.5 Å². The third-order valence-corrected chi connectivity index (χ3v) is 4.27. The van der Waals surface area contributed by atoms with E-state index in [-0.39, 0.29) is 35.3 Å². The Morgan fingerprint density at radius 2 is 2.00 bits per heavy atom. The molecule has 0 spiro atoms. The molecule has 3 aromatic rings. The number of halogens is 4. The summed E-state index contributed by atoms with van der Waals surface area (Å²) in [5.74, 6) is -0.286. The molecule has 3 rings (SSSR count). The number of nitriles is 1. The Bertz CT molecular complexity index is 1120. The Kier molecular flexibility index (Phi) is 5.71. The van der Waals surface area contributed by atoms with E-state index < -0.39 is 17.7 Å². The molecule has 0 aliphatic carbocycles. The third kappa shape index (κ3) is 4.46. The Hall–Kier alpha value is -3.18. The zero-order valence-corrected chi connectivity index (χ0v) is 15.7. The quantitative estimate of drug-likeness (QED) is 0.479. The molecule has 5 nitrogen and oxygen atoms in total. The number of carbonyl (C=O) groups excluding carboxylic acids is 1. The van der Waals surface area contributed by atoms with Gasteiger partial charge in [-0.3, -0.25) is 4.79 Å². The van der Waals surface area contributed by atoms with Crippen molar-refractivity contribution in [2.75, 3.05) is 6.61 Å². The van der Waals surface area contributed by atoms with Crippen LogP contribution in [-0.4, -0.2) is 12.6 Å². The minimum Gasteiger partial charge on any atom is -0.466 e. The van der Waals surface area contributed by atoms with E-state index in [1.54, 1.807) is 6.92 Å². The molecule has 0 bridgehead atoms. The number of rotatable bonds is 5. The van der Waals surface area contributed by atoms with Gasteiger partial charge in [0.2, 0.25) is 5.76 Å². The minimum absolute atomic E-state index is 0.0231. The fourth-order valence-electron chi connectivity index (χ4n) is 2.70. The maximum absolute atomic E-state index is 12.8. The molecule has 0 atom stereocenters. The number of ether oxygens (including phenoxy) is 2. The summed E-state index contributed by atoms with van der Waals surface area (Å²) in [5, 5.41) is 9.50. The fourth-order valence-corrected chi connectivity index (χ4v) is 2.92. The highest BCUT2D eigenvalue weighted by Gasteiger charge is 2.31. The molecule has 0 N–H and O–H groups in total. The van der Waals surface area contributed by atoms with Crippen molar-refractivity contribution in [2.24, 2.45) is 0 Å². The van der Waals surface area contributed by atoms with Crippen LogP contribution in [0.3, 0.4) is 0 Å². The highest BCUT2D eigenvalue weighted by atomic mass is 35.5. The van der Waals surface area contributed by atoms with Gasteiger partial charge in [0, 0.05) is 10.9 Å². The lowest BCUT2D eigenvalue weighted by Gasteiger charge is -2.11. The topological polar surface area (TPSA) is 72.5 Å². The molecule has 1 heterocycles. The van der Waals surface area contributed by atoms with E-state index in [1.807, 2.05) is 6.07 Å². The van der Waals surface area contributed by atoms with Crippen LogP contribution in [-0.2, 0) is 22.1 Å². The first-order valence-corrected chi connectivity index (χ1v) is 8.76. The number of fused-ring (bicyclic) bond motifs is 1. The minimum atomic E-state index is -4.52. The zero-order chi connectivity index (χ0) is 21.2. The van der Waals surface area contributed by atoms with Gasteiger partial charge in [0.15, 0.2) is 0 Å². The second-order valence-corrected chi connectivity index (χ2v) is 6.31. The van der Waals surface area contributed by atoms with E-state index in [4.69, 9.17) is 25.5 Å². The smallest absolute Gasteiger partial charge is 0.416 e. The predicted octanol–water partition coefficient (Wildman–Crippen LogP) is 5.87. The number of furan rings is 1. The molecular weight excluding hydrogens is 411 g/mol. The van der Waals surface area contributed by atoms with Gasteiger partial charge in [-0.1, -0.05) is 11.6 Å². The van der Waals surface area contributed by atoms with Crippen LogP contribution in [0.1, 0.15) is 23.8 Å². The van der Waals surface area contributed by atoms with Crippen LogP contribution < -0.4 is 4.74 Å². The van der Waals surface area contributed by atoms with E-state index in [0.717, 1.165) is 18.2 Å². The molecule has 9 heteroatoms. The predicted molar refractivity (Wildman–Crippen MR) is 97.8 cm³/mol. The summed E-state index contributed by atoms with van der Waals surface area (Å²) in [4.78, 5) is 11.8. The van der Waals surface area contributed by atoms with Crippen molar-refractivity contribution in [3.8, 4) is 17.6 Å². The van der Waals surface area contributed by atoms with Gasteiger partial charge in [0.25, 0.3) is 0 Å². The zero-order valence-electron chi connectivity index (χ0n) is 15.0. The summed E-state index contributed by atoms with van der Waals surface area (Å²) in [7, 11) is 0. The Labute approximate surface area is 168 Å². The van der Waals surface area contributed by atoms with Crippen LogP contribution in [0.2, 0.25) is 5.02 Å². The Morgan fingerprint density at radius 3 is 2.62 bits per heavy atom. The SMILES string of the molecule is CCOC(=O)Cc1c(C#N)oc2ccc(Oc3ccc(C(F)(F)F)cc3Cl)cc12. The lowest BCUT2D eigenvalue weighted by atomic mass is 10.1. The maximum atomic E-state index is 12.8. The first-order chi connectivity index (χ1) is 13.7. The molecular formula is C20H13ClF3NO4. The van der Waals surface area contributed by atoms with Crippen molar-refractivity contribution in [1.29, 1.82) is 5.26 Å². The number of hydrogen-bond donors (Lipinski definition) is 0. The molecule has 0 unspecified atom stereocenters. The molecule has 0 aliphatic heterocycles. The van der Waals surface area contributed by atoms with Crippen LogP contribution in [0.25, 0.3) is 11.0 Å². The van der Waals surface area contributed by atoms with Crippen molar-refractivity contribution in [3.63, 3.8) is 0 Å². The van der Waals surface area contributed by atoms with E-state index in [0.29, 0.717) is 16.5 Å². The normalized spacial score (nSPS) is 11.3. The monoisotopic (exact) mass is 423 g/mol. The Balaban J connectivity index is 1.95. The van der Waals surface area contributed by atoms with Crippen LogP contribution in [0.15, 0.2) is 40.8 Å². The first kappa shape index (κ1) is 20.6. The van der Waals surface area contributed by atoms with Gasteiger partial charge < -0.3 is 13.9 Å². The van der Waals surface area contributed by atoms with E-state index in [9.17, 15) is 23.2 Å². The number of alkyl halides is 3. The molecule has 0 saturated carbocycles. The highest BCUT2D eigenvalue weighted by Crippen LogP contribution is 2.37. The van der Waals surface area contributed by atoms with E-state index >= 15 is 0 Å². The molecule has 0 saturated heterocycles. The van der Waals surface area contributed by atoms with E-state index in [2.05, 4.69) is 0 Å². The molecule has 2 aromatic carbocycles. The average molecular weight is 424 g/mol. The lowest BCUT2D eigenvalue weighted by molar-refractivity contribution is -0.142. The molecule has 0 aliphatic rings. The summed E-state index contributed by atoms with van der Waals surface area (Å²) in [6.07, 6.45) is -4.69. The summed E-state index contributed by atoms with van der Waals surface area (Å²) in [5.41, 5.74) is -0.202. The Morgan fingerprint density at radius 1 is 1.24 bits per heavy atom. The van der Waals surface area contributed by atoms with Gasteiger partial charge in [0.1, 0.15) is 23.2 Å². The number of esters is 1. The van der Waals surface area contributed by atoms with Gasteiger partial charge in [0.05, 0.1) is 23.6 Å². The molecule has 0 radical (unpaired) electrons. The highest BCUT2D eigenvalue weighted by molar-refractivity contribution is 6.32. The molecule has 0 amide bonds. The third-order valence-electron chi connectivity index (χ3n) is 3.98. The van der Waals surface area contributed by atoms with Crippen molar-refractivity contribution < 1.29 is 31.9 Å².